The highest BCUT2D eigenvalue weighted by molar-refractivity contribution is 14.0. The molecule has 0 atom stereocenters. The number of nitrogens with zero attached hydrogens (tertiary/aromatic N) is 2. The van der Waals surface area contributed by atoms with Crippen molar-refractivity contribution in [3.05, 3.63) is 0 Å². The van der Waals surface area contributed by atoms with Crippen LogP contribution in [0.4, 0.5) is 4.79 Å². The number of likely N-dealkylation sites (tertiary alicyclic amines) is 1. The Hall–Kier alpha value is -0.770. The van der Waals surface area contributed by atoms with Gasteiger partial charge in [-0.3, -0.25) is 4.99 Å². The van der Waals surface area contributed by atoms with Gasteiger partial charge >= 0.3 is 6.09 Å². The fourth-order valence-corrected chi connectivity index (χ4v) is 2.13. The molecule has 0 radical (unpaired) electrons. The zero-order valence-electron chi connectivity index (χ0n) is 13.7. The molecule has 0 aromatic heterocycles. The second kappa shape index (κ2) is 11.8. The first-order chi connectivity index (χ1) is 10.0. The predicted molar refractivity (Wildman–Crippen MR) is 97.7 cm³/mol. The first-order valence-electron chi connectivity index (χ1n) is 7.62. The molecule has 1 aliphatic heterocycles. The van der Waals surface area contributed by atoms with Crippen LogP contribution in [0.3, 0.4) is 0 Å². The summed E-state index contributed by atoms with van der Waals surface area (Å²) in [5.74, 6) is 0.442. The Balaban J connectivity index is 0.00000441. The highest BCUT2D eigenvalue weighted by Crippen LogP contribution is 2.11. The van der Waals surface area contributed by atoms with Crippen molar-refractivity contribution < 1.29 is 14.3 Å². The minimum absolute atomic E-state index is 0. The summed E-state index contributed by atoms with van der Waals surface area (Å²) in [6.07, 6.45) is 1.67. The third kappa shape index (κ3) is 8.62. The molecule has 8 heteroatoms. The van der Waals surface area contributed by atoms with E-state index in [4.69, 9.17) is 15.2 Å². The average molecular weight is 428 g/mol. The fourth-order valence-electron chi connectivity index (χ4n) is 2.13. The van der Waals surface area contributed by atoms with Crippen molar-refractivity contribution in [2.24, 2.45) is 10.7 Å². The van der Waals surface area contributed by atoms with Gasteiger partial charge in [-0.25, -0.2) is 4.79 Å². The lowest BCUT2D eigenvalue weighted by Crippen LogP contribution is -2.48. The van der Waals surface area contributed by atoms with E-state index in [0.717, 1.165) is 12.8 Å². The summed E-state index contributed by atoms with van der Waals surface area (Å²) in [5, 5.41) is 3.19. The number of rotatable bonds is 6. The first-order valence-corrected chi connectivity index (χ1v) is 7.62. The highest BCUT2D eigenvalue weighted by Gasteiger charge is 2.23. The number of nitrogens with two attached hydrogens (primary N) is 1. The van der Waals surface area contributed by atoms with Crippen molar-refractivity contribution in [2.75, 3.05) is 32.8 Å². The van der Waals surface area contributed by atoms with E-state index in [1.165, 1.54) is 0 Å². The van der Waals surface area contributed by atoms with E-state index in [1.807, 2.05) is 20.8 Å². The average Bonchev–Trinajstić information content (AvgIpc) is 2.44. The monoisotopic (exact) mass is 428 g/mol. The zero-order chi connectivity index (χ0) is 15.7. The number of carbonyl (C=O) groups is 1. The molecule has 0 saturated carbocycles. The van der Waals surface area contributed by atoms with Crippen LogP contribution in [0.1, 0.15) is 33.6 Å². The molecule has 1 fully saturated rings. The van der Waals surface area contributed by atoms with E-state index >= 15 is 0 Å². The Kier molecular flexibility index (Phi) is 11.3. The molecule has 1 aliphatic rings. The molecule has 130 valence electrons. The molecule has 7 nitrogen and oxygen atoms in total. The number of aliphatic imine (C=N–C) groups is 1. The first kappa shape index (κ1) is 21.2. The molecule has 1 rings (SSSR count). The summed E-state index contributed by atoms with van der Waals surface area (Å²) in [5.41, 5.74) is 5.84. The molecule has 1 heterocycles. The molecule has 1 amide bonds. The topological polar surface area (TPSA) is 89.2 Å². The van der Waals surface area contributed by atoms with Crippen LogP contribution in [0.15, 0.2) is 4.99 Å². The maximum absolute atomic E-state index is 11.6. The predicted octanol–water partition coefficient (Wildman–Crippen LogP) is 1.55. The van der Waals surface area contributed by atoms with E-state index in [1.54, 1.807) is 4.90 Å². The summed E-state index contributed by atoms with van der Waals surface area (Å²) < 4.78 is 10.4. The van der Waals surface area contributed by atoms with Gasteiger partial charge in [-0.2, -0.15) is 0 Å². The van der Waals surface area contributed by atoms with Gasteiger partial charge in [0, 0.05) is 19.1 Å². The summed E-state index contributed by atoms with van der Waals surface area (Å²) in [6, 6.07) is 0.255. The Morgan fingerprint density at radius 3 is 2.59 bits per heavy atom. The normalized spacial score (nSPS) is 16.4. The Morgan fingerprint density at radius 1 is 1.41 bits per heavy atom. The van der Waals surface area contributed by atoms with Gasteiger partial charge in [0.1, 0.15) is 0 Å². The Bertz CT molecular complexity index is 345. The van der Waals surface area contributed by atoms with Gasteiger partial charge in [0.25, 0.3) is 0 Å². The summed E-state index contributed by atoms with van der Waals surface area (Å²) in [6.45, 7) is 8.69. The molecular formula is C14H29IN4O3. The molecule has 0 aromatic rings. The molecule has 0 aromatic carbocycles. The van der Waals surface area contributed by atoms with Crippen molar-refractivity contribution in [1.29, 1.82) is 0 Å². The second-order valence-electron chi connectivity index (χ2n) is 5.29. The number of hydrogen-bond donors (Lipinski definition) is 2. The van der Waals surface area contributed by atoms with Crippen LogP contribution >= 0.6 is 24.0 Å². The third-order valence-corrected chi connectivity index (χ3v) is 3.20. The van der Waals surface area contributed by atoms with Crippen LogP contribution in [-0.4, -0.2) is 61.9 Å². The van der Waals surface area contributed by atoms with Crippen LogP contribution in [0.5, 0.6) is 0 Å². The van der Waals surface area contributed by atoms with Gasteiger partial charge in [-0.1, -0.05) is 0 Å². The van der Waals surface area contributed by atoms with Gasteiger partial charge in [0.15, 0.2) is 5.96 Å². The van der Waals surface area contributed by atoms with Gasteiger partial charge in [-0.15, -0.1) is 24.0 Å². The number of piperidine rings is 1. The van der Waals surface area contributed by atoms with Crippen molar-refractivity contribution in [2.45, 2.75) is 45.8 Å². The highest BCUT2D eigenvalue weighted by atomic mass is 127. The zero-order valence-corrected chi connectivity index (χ0v) is 16.0. The number of hydrogen-bond acceptors (Lipinski definition) is 4. The molecular weight excluding hydrogens is 399 g/mol. The lowest BCUT2D eigenvalue weighted by atomic mass is 10.1. The smallest absolute Gasteiger partial charge is 0.409 e. The second-order valence-corrected chi connectivity index (χ2v) is 5.29. The summed E-state index contributed by atoms with van der Waals surface area (Å²) >= 11 is 0. The minimum Gasteiger partial charge on any atom is -0.450 e. The molecule has 0 bridgehead atoms. The molecule has 1 saturated heterocycles. The van der Waals surface area contributed by atoms with Crippen molar-refractivity contribution in [3.8, 4) is 0 Å². The van der Waals surface area contributed by atoms with Gasteiger partial charge in [0.05, 0.1) is 25.9 Å². The van der Waals surface area contributed by atoms with Crippen LogP contribution in [-0.2, 0) is 9.47 Å². The standard InChI is InChI=1S/C14H28N4O3.HI/c1-4-20-14(19)18-8-5-12(6-9-18)17-13(15)16-7-10-21-11(2)3;/h11-12H,4-10H2,1-3H3,(H3,15,16,17);1H. The lowest BCUT2D eigenvalue weighted by molar-refractivity contribution is 0.0852. The van der Waals surface area contributed by atoms with Crippen LogP contribution in [0.2, 0.25) is 0 Å². The number of nitrogens with one attached hydrogen (secondary N) is 1. The maximum atomic E-state index is 11.6. The van der Waals surface area contributed by atoms with Crippen LogP contribution in [0.25, 0.3) is 0 Å². The third-order valence-electron chi connectivity index (χ3n) is 3.20. The number of halogens is 1. The maximum Gasteiger partial charge on any atom is 0.409 e. The quantitative estimate of drug-likeness (QED) is 0.290. The van der Waals surface area contributed by atoms with Crippen LogP contribution in [0, 0.1) is 0 Å². The molecule has 3 N–H and O–H groups in total. The fraction of sp³-hybridized carbons (Fsp3) is 0.857. The minimum atomic E-state index is -0.233. The largest absolute Gasteiger partial charge is 0.450 e. The summed E-state index contributed by atoms with van der Waals surface area (Å²) in [4.78, 5) is 17.5. The van der Waals surface area contributed by atoms with Gasteiger partial charge in [0.2, 0.25) is 0 Å². The Labute approximate surface area is 150 Å². The van der Waals surface area contributed by atoms with Crippen molar-refractivity contribution in [3.63, 3.8) is 0 Å². The van der Waals surface area contributed by atoms with Gasteiger partial charge in [-0.05, 0) is 33.6 Å². The number of guanidine groups is 1. The molecule has 22 heavy (non-hydrogen) atoms. The number of amides is 1. The van der Waals surface area contributed by atoms with Gasteiger partial charge < -0.3 is 25.4 Å². The lowest BCUT2D eigenvalue weighted by Gasteiger charge is -2.31. The van der Waals surface area contributed by atoms with Crippen molar-refractivity contribution in [1.82, 2.24) is 10.2 Å². The molecule has 0 spiro atoms. The molecule has 0 unspecified atom stereocenters. The van der Waals surface area contributed by atoms with E-state index in [-0.39, 0.29) is 42.2 Å². The molecule has 0 aliphatic carbocycles. The van der Waals surface area contributed by atoms with E-state index < -0.39 is 0 Å². The van der Waals surface area contributed by atoms with E-state index in [2.05, 4.69) is 10.3 Å². The van der Waals surface area contributed by atoms with Crippen LogP contribution < -0.4 is 11.1 Å². The van der Waals surface area contributed by atoms with Crippen molar-refractivity contribution >= 4 is 36.0 Å². The van der Waals surface area contributed by atoms with E-state index in [0.29, 0.717) is 38.8 Å². The SMILES string of the molecule is CCOC(=O)N1CCC(NC(N)=NCCOC(C)C)CC1.I. The number of carbonyl (C=O) groups excluding carboxylic acids is 1. The number of ether oxygens (including phenoxy) is 2. The van der Waals surface area contributed by atoms with E-state index in [9.17, 15) is 4.79 Å². The summed E-state index contributed by atoms with van der Waals surface area (Å²) in [7, 11) is 0. The Morgan fingerprint density at radius 2 is 2.05 bits per heavy atom.